The Bertz CT molecular complexity index is 191. The molecule has 3 unspecified atom stereocenters. The Kier molecular flexibility index (Phi) is 5.77. The molecule has 3 atom stereocenters. The molecule has 1 aliphatic rings. The van der Waals surface area contributed by atoms with Crippen molar-refractivity contribution in [1.82, 2.24) is 10.2 Å². The lowest BCUT2D eigenvalue weighted by atomic mass is 9.82. The van der Waals surface area contributed by atoms with Crippen molar-refractivity contribution in [2.75, 3.05) is 20.1 Å². The zero-order valence-corrected chi connectivity index (χ0v) is 11.8. The van der Waals surface area contributed by atoms with E-state index in [0.29, 0.717) is 6.04 Å². The normalized spacial score (nSPS) is 31.3. The fourth-order valence-electron chi connectivity index (χ4n) is 3.05. The number of nitrogens with zero attached hydrogens (tertiary/aromatic N) is 1. The average Bonchev–Trinajstić information content (AvgIpc) is 2.20. The molecule has 16 heavy (non-hydrogen) atoms. The Morgan fingerprint density at radius 2 is 2.00 bits per heavy atom. The molecule has 0 amide bonds. The van der Waals surface area contributed by atoms with E-state index in [-0.39, 0.29) is 0 Å². The van der Waals surface area contributed by atoms with Gasteiger partial charge in [0, 0.05) is 18.6 Å². The van der Waals surface area contributed by atoms with Crippen LogP contribution in [0.25, 0.3) is 0 Å². The van der Waals surface area contributed by atoms with E-state index in [9.17, 15) is 0 Å². The van der Waals surface area contributed by atoms with Crippen molar-refractivity contribution < 1.29 is 0 Å². The zero-order chi connectivity index (χ0) is 12.1. The molecular weight excluding hydrogens is 196 g/mol. The quantitative estimate of drug-likeness (QED) is 0.775. The van der Waals surface area contributed by atoms with Gasteiger partial charge in [0.2, 0.25) is 0 Å². The Hall–Kier alpha value is -0.0800. The van der Waals surface area contributed by atoms with Gasteiger partial charge < -0.3 is 10.2 Å². The standard InChI is InChI=1S/C14H30N2/c1-6-15-13-8-7-12(4)9-14(13)16(5)10-11(2)3/h11-15H,6-10H2,1-5H3. The Morgan fingerprint density at radius 3 is 2.56 bits per heavy atom. The van der Waals surface area contributed by atoms with Crippen molar-refractivity contribution >= 4 is 0 Å². The summed E-state index contributed by atoms with van der Waals surface area (Å²) in [5.41, 5.74) is 0. The molecule has 0 bridgehead atoms. The van der Waals surface area contributed by atoms with Gasteiger partial charge in [0.15, 0.2) is 0 Å². The predicted molar refractivity (Wildman–Crippen MR) is 71.7 cm³/mol. The lowest BCUT2D eigenvalue weighted by molar-refractivity contribution is 0.115. The molecule has 1 saturated carbocycles. The third-order valence-corrected chi connectivity index (χ3v) is 3.76. The summed E-state index contributed by atoms with van der Waals surface area (Å²) in [5.74, 6) is 1.67. The molecule has 0 aliphatic heterocycles. The van der Waals surface area contributed by atoms with Gasteiger partial charge in [0.05, 0.1) is 0 Å². The lowest BCUT2D eigenvalue weighted by Crippen LogP contribution is -2.52. The molecular formula is C14H30N2. The monoisotopic (exact) mass is 226 g/mol. The van der Waals surface area contributed by atoms with Crippen molar-refractivity contribution in [2.24, 2.45) is 11.8 Å². The van der Waals surface area contributed by atoms with Gasteiger partial charge >= 0.3 is 0 Å². The van der Waals surface area contributed by atoms with Gasteiger partial charge in [-0.15, -0.1) is 0 Å². The molecule has 1 fully saturated rings. The van der Waals surface area contributed by atoms with Crippen molar-refractivity contribution in [3.63, 3.8) is 0 Å². The van der Waals surface area contributed by atoms with Crippen LogP contribution in [0.15, 0.2) is 0 Å². The van der Waals surface area contributed by atoms with Crippen LogP contribution in [-0.2, 0) is 0 Å². The molecule has 0 heterocycles. The van der Waals surface area contributed by atoms with Crippen LogP contribution in [0, 0.1) is 11.8 Å². The first-order valence-electron chi connectivity index (χ1n) is 6.98. The van der Waals surface area contributed by atoms with E-state index in [1.165, 1.54) is 25.8 Å². The molecule has 0 spiro atoms. The molecule has 0 saturated heterocycles. The predicted octanol–water partition coefficient (Wildman–Crippen LogP) is 2.74. The molecule has 0 radical (unpaired) electrons. The van der Waals surface area contributed by atoms with Crippen molar-refractivity contribution in [3.8, 4) is 0 Å². The Balaban J connectivity index is 2.55. The molecule has 1 N–H and O–H groups in total. The summed E-state index contributed by atoms with van der Waals surface area (Å²) in [5, 5.41) is 3.67. The lowest BCUT2D eigenvalue weighted by Gasteiger charge is -2.41. The number of nitrogens with one attached hydrogen (secondary N) is 1. The highest BCUT2D eigenvalue weighted by molar-refractivity contribution is 4.89. The topological polar surface area (TPSA) is 15.3 Å². The fraction of sp³-hybridized carbons (Fsp3) is 1.00. The largest absolute Gasteiger partial charge is 0.313 e. The van der Waals surface area contributed by atoms with E-state index in [1.807, 2.05) is 0 Å². The van der Waals surface area contributed by atoms with Gasteiger partial charge in [0.25, 0.3) is 0 Å². The second-order valence-electron chi connectivity index (χ2n) is 5.98. The van der Waals surface area contributed by atoms with Gasteiger partial charge in [-0.25, -0.2) is 0 Å². The number of hydrogen-bond donors (Lipinski definition) is 1. The summed E-state index contributed by atoms with van der Waals surface area (Å²) < 4.78 is 0. The molecule has 0 aromatic carbocycles. The number of likely N-dealkylation sites (N-methyl/N-ethyl adjacent to an activating group) is 2. The first-order valence-corrected chi connectivity index (χ1v) is 6.98. The van der Waals surface area contributed by atoms with Crippen molar-refractivity contribution in [2.45, 2.75) is 59.0 Å². The van der Waals surface area contributed by atoms with Crippen LogP contribution in [0.2, 0.25) is 0 Å². The van der Waals surface area contributed by atoms with E-state index in [1.54, 1.807) is 0 Å². The van der Waals surface area contributed by atoms with Crippen LogP contribution in [0.1, 0.15) is 47.0 Å². The van der Waals surface area contributed by atoms with Crippen LogP contribution >= 0.6 is 0 Å². The van der Waals surface area contributed by atoms with E-state index in [2.05, 4.69) is 45.0 Å². The van der Waals surface area contributed by atoms with E-state index in [4.69, 9.17) is 0 Å². The van der Waals surface area contributed by atoms with Gasteiger partial charge in [-0.2, -0.15) is 0 Å². The van der Waals surface area contributed by atoms with Gasteiger partial charge in [-0.1, -0.05) is 27.7 Å². The van der Waals surface area contributed by atoms with Crippen molar-refractivity contribution in [3.05, 3.63) is 0 Å². The van der Waals surface area contributed by atoms with Crippen LogP contribution in [0.5, 0.6) is 0 Å². The molecule has 0 aromatic heterocycles. The van der Waals surface area contributed by atoms with Crippen molar-refractivity contribution in [1.29, 1.82) is 0 Å². The Morgan fingerprint density at radius 1 is 1.31 bits per heavy atom. The summed E-state index contributed by atoms with van der Waals surface area (Å²) in [7, 11) is 2.30. The number of rotatable bonds is 5. The van der Waals surface area contributed by atoms with Gasteiger partial charge in [-0.05, 0) is 44.7 Å². The van der Waals surface area contributed by atoms with E-state index < -0.39 is 0 Å². The minimum Gasteiger partial charge on any atom is -0.313 e. The molecule has 96 valence electrons. The third kappa shape index (κ3) is 4.06. The maximum absolute atomic E-state index is 3.67. The maximum Gasteiger partial charge on any atom is 0.0248 e. The van der Waals surface area contributed by atoms with Crippen LogP contribution < -0.4 is 5.32 Å². The number of hydrogen-bond acceptors (Lipinski definition) is 2. The van der Waals surface area contributed by atoms with E-state index >= 15 is 0 Å². The van der Waals surface area contributed by atoms with Gasteiger partial charge in [-0.3, -0.25) is 0 Å². The molecule has 1 aliphatic carbocycles. The first-order chi connectivity index (χ1) is 7.54. The summed E-state index contributed by atoms with van der Waals surface area (Å²) in [6.07, 6.45) is 4.10. The Labute approximate surface area is 102 Å². The second-order valence-corrected chi connectivity index (χ2v) is 5.98. The average molecular weight is 226 g/mol. The molecule has 1 rings (SSSR count). The van der Waals surface area contributed by atoms with Gasteiger partial charge in [0.1, 0.15) is 0 Å². The summed E-state index contributed by atoms with van der Waals surface area (Å²) in [4.78, 5) is 2.58. The smallest absolute Gasteiger partial charge is 0.0248 e. The van der Waals surface area contributed by atoms with Crippen LogP contribution in [0.3, 0.4) is 0 Å². The minimum atomic E-state index is 0.713. The molecule has 0 aromatic rings. The summed E-state index contributed by atoms with van der Waals surface area (Å²) in [6.45, 7) is 11.6. The zero-order valence-electron chi connectivity index (χ0n) is 11.8. The minimum absolute atomic E-state index is 0.713. The summed E-state index contributed by atoms with van der Waals surface area (Å²) in [6, 6.07) is 1.45. The van der Waals surface area contributed by atoms with Crippen LogP contribution in [0.4, 0.5) is 0 Å². The summed E-state index contributed by atoms with van der Waals surface area (Å²) >= 11 is 0. The highest BCUT2D eigenvalue weighted by Gasteiger charge is 2.30. The molecule has 2 nitrogen and oxygen atoms in total. The highest BCUT2D eigenvalue weighted by Crippen LogP contribution is 2.27. The van der Waals surface area contributed by atoms with E-state index in [0.717, 1.165) is 24.4 Å². The second kappa shape index (κ2) is 6.61. The third-order valence-electron chi connectivity index (χ3n) is 3.76. The SMILES string of the molecule is CCNC1CCC(C)CC1N(C)CC(C)C. The fourth-order valence-corrected chi connectivity index (χ4v) is 3.05. The first kappa shape index (κ1) is 14.0. The molecule has 2 heteroatoms. The van der Waals surface area contributed by atoms with Crippen LogP contribution in [-0.4, -0.2) is 37.1 Å². The maximum atomic E-state index is 3.67. The highest BCUT2D eigenvalue weighted by atomic mass is 15.2.